The second kappa shape index (κ2) is 17.9. The summed E-state index contributed by atoms with van der Waals surface area (Å²) in [5.41, 5.74) is -1.10. The van der Waals surface area contributed by atoms with Gasteiger partial charge in [0.2, 0.25) is 5.95 Å². The van der Waals surface area contributed by atoms with Crippen LogP contribution in [0, 0.1) is 11.6 Å². The van der Waals surface area contributed by atoms with Crippen LogP contribution in [0.25, 0.3) is 11.1 Å². The first kappa shape index (κ1) is 38.8. The molecule has 0 bridgehead atoms. The fourth-order valence-corrected chi connectivity index (χ4v) is 5.78. The number of aromatic nitrogens is 2. The molecule has 1 fully saturated rings. The molecule has 4 N–H and O–H groups in total. The van der Waals surface area contributed by atoms with Gasteiger partial charge in [-0.1, -0.05) is 29.2 Å². The number of hydrogen-bond donors (Lipinski definition) is 4. The molecule has 0 spiro atoms. The van der Waals surface area contributed by atoms with E-state index in [2.05, 4.69) is 35.2 Å². The third-order valence-electron chi connectivity index (χ3n) is 7.62. The van der Waals surface area contributed by atoms with Gasteiger partial charge in [0, 0.05) is 37.1 Å². The molecule has 3 aromatic carbocycles. The molecule has 13 nitrogen and oxygen atoms in total. The lowest BCUT2D eigenvalue weighted by Gasteiger charge is -2.26. The third-order valence-corrected chi connectivity index (χ3v) is 8.60. The first-order chi connectivity index (χ1) is 25.4. The number of benzene rings is 3. The number of nitrogens with one attached hydrogen (secondary N) is 4. The Balaban J connectivity index is 1.34. The maximum atomic E-state index is 15.4. The van der Waals surface area contributed by atoms with E-state index < -0.39 is 51.8 Å². The molecular formula is C34H34F5N8O5S-. The molecule has 1 saturated heterocycles. The Morgan fingerprint density at radius 2 is 1.77 bits per heavy atom. The number of halogens is 5. The average molecular weight is 762 g/mol. The summed E-state index contributed by atoms with van der Waals surface area (Å²) in [5.74, 6) is -1.55. The molecule has 5 rings (SSSR count). The van der Waals surface area contributed by atoms with Crippen LogP contribution in [0.5, 0.6) is 0 Å². The summed E-state index contributed by atoms with van der Waals surface area (Å²) in [7, 11) is -2.03. The van der Waals surface area contributed by atoms with Crippen LogP contribution in [0.1, 0.15) is 18.9 Å². The molecule has 0 atom stereocenters. The van der Waals surface area contributed by atoms with Crippen molar-refractivity contribution < 1.29 is 45.2 Å². The lowest BCUT2D eigenvalue weighted by atomic mass is 10.1. The molecule has 1 aliphatic heterocycles. The number of amides is 3. The largest absolute Gasteiger partial charge is 0.450 e. The van der Waals surface area contributed by atoms with Crippen molar-refractivity contribution >= 4 is 51.5 Å². The Labute approximate surface area is 302 Å². The SMILES string of the molecule is CCOC(=O)N=[S-](=O)c1cccc(Nc2ncc(-c3ccc(NC(=O)Nc4cc(C(F)(F)F)ccc4F)c(F)c3)c(NCCCN3CCOCC3)n2)c1. The van der Waals surface area contributed by atoms with Crippen LogP contribution < -0.4 is 21.3 Å². The number of rotatable bonds is 12. The normalized spacial score (nSPS) is 14.0. The molecule has 0 unspecified atom stereocenters. The number of morpholine rings is 1. The number of hydrogen-bond acceptors (Lipinski definition) is 11. The highest BCUT2D eigenvalue weighted by molar-refractivity contribution is 7.75. The Hall–Kier alpha value is -5.40. The predicted molar refractivity (Wildman–Crippen MR) is 187 cm³/mol. The van der Waals surface area contributed by atoms with Gasteiger partial charge in [0.05, 0.1) is 36.8 Å². The topological polar surface area (TPSA) is 159 Å². The predicted octanol–water partition coefficient (Wildman–Crippen LogP) is 7.63. The number of urea groups is 1. The van der Waals surface area contributed by atoms with Crippen molar-refractivity contribution in [2.45, 2.75) is 24.4 Å². The van der Waals surface area contributed by atoms with E-state index >= 15 is 4.39 Å². The molecule has 282 valence electrons. The van der Waals surface area contributed by atoms with Crippen molar-refractivity contribution in [3.63, 3.8) is 0 Å². The summed E-state index contributed by atoms with van der Waals surface area (Å²) in [6, 6.07) is 10.5. The zero-order valence-corrected chi connectivity index (χ0v) is 29.0. The number of anilines is 5. The standard InChI is InChI=1S/C34H34F5N8O5S/c1-2-52-33(49)46-53(50)24-6-3-5-23(19-24)42-31-41-20-25(30(45-31)40-11-4-12-47-13-15-51-16-14-47)21-7-10-28(27(36)17-21)43-32(48)44-29-18-22(34(37,38)39)8-9-26(29)35/h3,5-10,17-20H,2,4,11-16H2,1H3,(H2,43,44,48)(H2,40,41,42,45)/q-1. The van der Waals surface area contributed by atoms with E-state index in [9.17, 15) is 31.4 Å². The van der Waals surface area contributed by atoms with Crippen molar-refractivity contribution in [3.8, 4) is 11.1 Å². The summed E-state index contributed by atoms with van der Waals surface area (Å²) in [6.45, 7) is 5.91. The molecular weight excluding hydrogens is 727 g/mol. The Bertz CT molecular complexity index is 2020. The number of carbonyl (C=O) groups is 2. The van der Waals surface area contributed by atoms with Gasteiger partial charge in [0.15, 0.2) is 0 Å². The minimum Gasteiger partial charge on any atom is -0.450 e. The smallest absolute Gasteiger partial charge is 0.416 e. The van der Waals surface area contributed by atoms with Crippen LogP contribution in [-0.2, 0) is 30.5 Å². The number of carbonyl (C=O) groups excluding carboxylic acids is 2. The number of alkyl halides is 3. The van der Waals surface area contributed by atoms with Gasteiger partial charge in [-0.25, -0.2) is 23.4 Å². The summed E-state index contributed by atoms with van der Waals surface area (Å²) < 4.78 is 94.9. The van der Waals surface area contributed by atoms with Gasteiger partial charge in [-0.05, 0) is 61.9 Å². The van der Waals surface area contributed by atoms with E-state index in [1.54, 1.807) is 19.1 Å². The monoisotopic (exact) mass is 761 g/mol. The molecule has 19 heteroatoms. The van der Waals surface area contributed by atoms with Crippen LogP contribution in [0.15, 0.2) is 76.1 Å². The zero-order chi connectivity index (χ0) is 38.0. The lowest BCUT2D eigenvalue weighted by Crippen LogP contribution is -2.37. The van der Waals surface area contributed by atoms with Crippen molar-refractivity contribution in [3.05, 3.63) is 84.1 Å². The van der Waals surface area contributed by atoms with Gasteiger partial charge in [-0.15, -0.1) is 10.6 Å². The van der Waals surface area contributed by atoms with Crippen LogP contribution >= 0.6 is 0 Å². The van der Waals surface area contributed by atoms with E-state index in [1.807, 2.05) is 5.32 Å². The quantitative estimate of drug-likeness (QED) is 0.0643. The lowest BCUT2D eigenvalue weighted by molar-refractivity contribution is -0.137. The second-order valence-corrected chi connectivity index (χ2v) is 12.5. The number of nitrogens with zero attached hydrogens (tertiary/aromatic N) is 4. The van der Waals surface area contributed by atoms with Gasteiger partial charge < -0.3 is 34.9 Å². The molecule has 53 heavy (non-hydrogen) atoms. The van der Waals surface area contributed by atoms with E-state index in [-0.39, 0.29) is 23.1 Å². The maximum Gasteiger partial charge on any atom is 0.416 e. The fraction of sp³-hybridized carbons (Fsp3) is 0.294. The maximum absolute atomic E-state index is 15.4. The minimum atomic E-state index is -4.77. The Kier molecular flexibility index (Phi) is 13.1. The molecule has 4 aromatic rings. The molecule has 1 aliphatic rings. The van der Waals surface area contributed by atoms with Gasteiger partial charge in [-0.3, -0.25) is 9.26 Å². The summed E-state index contributed by atoms with van der Waals surface area (Å²) in [4.78, 5) is 35.6. The van der Waals surface area contributed by atoms with Crippen molar-refractivity contribution in [1.82, 2.24) is 14.9 Å². The zero-order valence-electron chi connectivity index (χ0n) is 28.1. The molecule has 0 radical (unpaired) electrons. The van der Waals surface area contributed by atoms with Crippen molar-refractivity contribution in [2.75, 3.05) is 67.3 Å². The van der Waals surface area contributed by atoms with Crippen LogP contribution in [0.2, 0.25) is 0 Å². The van der Waals surface area contributed by atoms with E-state index in [4.69, 9.17) is 9.47 Å². The van der Waals surface area contributed by atoms with E-state index in [0.717, 1.165) is 32.1 Å². The third kappa shape index (κ3) is 11.0. The van der Waals surface area contributed by atoms with Gasteiger partial charge in [0.25, 0.3) is 0 Å². The first-order valence-corrected chi connectivity index (χ1v) is 17.3. The molecule has 0 saturated carbocycles. The van der Waals surface area contributed by atoms with Crippen LogP contribution in [0.4, 0.5) is 60.4 Å². The fourth-order valence-electron chi connectivity index (χ4n) is 5.06. The van der Waals surface area contributed by atoms with Crippen molar-refractivity contribution in [2.24, 2.45) is 4.36 Å². The highest BCUT2D eigenvalue weighted by Crippen LogP contribution is 2.33. The van der Waals surface area contributed by atoms with Crippen LogP contribution in [-0.4, -0.2) is 73.0 Å². The van der Waals surface area contributed by atoms with Crippen LogP contribution in [0.3, 0.4) is 0 Å². The highest BCUT2D eigenvalue weighted by atomic mass is 32.2. The van der Waals surface area contributed by atoms with Gasteiger partial charge in [-0.2, -0.15) is 18.2 Å². The summed E-state index contributed by atoms with van der Waals surface area (Å²) in [5, 5.41) is 10.4. The second-order valence-electron chi connectivity index (χ2n) is 11.3. The summed E-state index contributed by atoms with van der Waals surface area (Å²) >= 11 is 0. The molecule has 0 aliphatic carbocycles. The average Bonchev–Trinajstić information content (AvgIpc) is 3.12. The highest BCUT2D eigenvalue weighted by Gasteiger charge is 2.31. The first-order valence-electron chi connectivity index (χ1n) is 16.2. The van der Waals surface area contributed by atoms with Crippen molar-refractivity contribution in [1.29, 1.82) is 0 Å². The molecule has 2 heterocycles. The Morgan fingerprint density at radius 1 is 1.00 bits per heavy atom. The van der Waals surface area contributed by atoms with Gasteiger partial charge >= 0.3 is 18.3 Å². The minimum absolute atomic E-state index is 0.0809. The van der Waals surface area contributed by atoms with E-state index in [1.165, 1.54) is 30.5 Å². The Morgan fingerprint density at radius 3 is 2.51 bits per heavy atom. The molecule has 3 amide bonds. The number of ether oxygens (including phenoxy) is 2. The van der Waals surface area contributed by atoms with Gasteiger partial charge in [0.1, 0.15) is 17.5 Å². The summed E-state index contributed by atoms with van der Waals surface area (Å²) in [6.07, 6.45) is -3.54. The van der Waals surface area contributed by atoms with E-state index in [0.29, 0.717) is 60.6 Å². The molecule has 1 aromatic heterocycles.